The summed E-state index contributed by atoms with van der Waals surface area (Å²) in [6, 6.07) is 1.43. The van der Waals surface area contributed by atoms with Gasteiger partial charge in [0.2, 0.25) is 0 Å². The zero-order valence-electron chi connectivity index (χ0n) is 11.5. The second-order valence-corrected chi connectivity index (χ2v) is 6.28. The van der Waals surface area contributed by atoms with Gasteiger partial charge < -0.3 is 0 Å². The summed E-state index contributed by atoms with van der Waals surface area (Å²) in [5.41, 5.74) is 0.524. The summed E-state index contributed by atoms with van der Waals surface area (Å²) in [5, 5.41) is 0. The lowest BCUT2D eigenvalue weighted by atomic mass is 9.85. The first-order valence-electron chi connectivity index (χ1n) is 7.06. The van der Waals surface area contributed by atoms with Gasteiger partial charge in [0.15, 0.2) is 0 Å². The number of hydrogen-bond donors (Lipinski definition) is 0. The number of likely N-dealkylation sites (tertiary alicyclic amines) is 2. The fourth-order valence-electron chi connectivity index (χ4n) is 3.79. The van der Waals surface area contributed by atoms with Crippen LogP contribution in [0.25, 0.3) is 0 Å². The van der Waals surface area contributed by atoms with E-state index in [1.165, 1.54) is 45.3 Å². The minimum atomic E-state index is 0.524. The molecule has 0 N–H and O–H groups in total. The average Bonchev–Trinajstić information content (AvgIpc) is 2.61. The molecule has 2 heterocycles. The molecule has 1 spiro atoms. The van der Waals surface area contributed by atoms with Crippen LogP contribution in [0.15, 0.2) is 0 Å². The Hall–Kier alpha value is -0.0800. The Morgan fingerprint density at radius 3 is 2.06 bits per heavy atom. The highest BCUT2D eigenvalue weighted by Gasteiger charge is 2.44. The molecule has 0 bridgehead atoms. The number of piperidine rings is 1. The Morgan fingerprint density at radius 2 is 1.50 bits per heavy atom. The van der Waals surface area contributed by atoms with Crippen molar-refractivity contribution in [3.8, 4) is 0 Å². The molecule has 0 aromatic rings. The summed E-state index contributed by atoms with van der Waals surface area (Å²) in [7, 11) is 0. The van der Waals surface area contributed by atoms with Gasteiger partial charge in [0.1, 0.15) is 0 Å². The van der Waals surface area contributed by atoms with E-state index in [4.69, 9.17) is 0 Å². The van der Waals surface area contributed by atoms with Gasteiger partial charge >= 0.3 is 0 Å². The molecule has 0 aromatic carbocycles. The summed E-state index contributed by atoms with van der Waals surface area (Å²) in [6.07, 6.45) is 5.65. The van der Waals surface area contributed by atoms with E-state index in [-0.39, 0.29) is 0 Å². The predicted octanol–water partition coefficient (Wildman–Crippen LogP) is 2.73. The first-order valence-corrected chi connectivity index (χ1v) is 7.06. The highest BCUT2D eigenvalue weighted by molar-refractivity contribution is 5.01. The molecule has 2 aliphatic heterocycles. The number of nitrogens with zero attached hydrogens (tertiary/aromatic N) is 2. The van der Waals surface area contributed by atoms with Crippen LogP contribution in [0.1, 0.15) is 53.4 Å². The highest BCUT2D eigenvalue weighted by Crippen LogP contribution is 2.38. The zero-order valence-corrected chi connectivity index (χ0v) is 11.5. The van der Waals surface area contributed by atoms with E-state index in [2.05, 4.69) is 37.5 Å². The van der Waals surface area contributed by atoms with E-state index in [1.807, 2.05) is 0 Å². The summed E-state index contributed by atoms with van der Waals surface area (Å²) in [4.78, 5) is 5.46. The monoisotopic (exact) mass is 224 g/mol. The van der Waals surface area contributed by atoms with Crippen LogP contribution in [0, 0.1) is 0 Å². The van der Waals surface area contributed by atoms with Gasteiger partial charge in [-0.3, -0.25) is 9.80 Å². The van der Waals surface area contributed by atoms with Crippen LogP contribution >= 0.6 is 0 Å². The molecule has 2 saturated heterocycles. The van der Waals surface area contributed by atoms with Gasteiger partial charge in [0, 0.05) is 24.2 Å². The topological polar surface area (TPSA) is 6.48 Å². The molecular formula is C14H28N2. The smallest absolute Gasteiger partial charge is 0.0340 e. The molecule has 0 amide bonds. The van der Waals surface area contributed by atoms with E-state index >= 15 is 0 Å². The second kappa shape index (κ2) is 4.66. The van der Waals surface area contributed by atoms with Crippen molar-refractivity contribution in [3.63, 3.8) is 0 Å². The van der Waals surface area contributed by atoms with Crippen molar-refractivity contribution in [1.82, 2.24) is 9.80 Å². The van der Waals surface area contributed by atoms with E-state index in [9.17, 15) is 0 Å². The van der Waals surface area contributed by atoms with Crippen molar-refractivity contribution in [2.75, 3.05) is 19.6 Å². The molecule has 2 fully saturated rings. The first kappa shape index (κ1) is 12.4. The summed E-state index contributed by atoms with van der Waals surface area (Å²) >= 11 is 0. The van der Waals surface area contributed by atoms with Crippen LogP contribution in [0.4, 0.5) is 0 Å². The van der Waals surface area contributed by atoms with Crippen LogP contribution < -0.4 is 0 Å². The largest absolute Gasteiger partial charge is 0.299 e. The lowest BCUT2D eigenvalue weighted by Crippen LogP contribution is -2.58. The molecule has 0 radical (unpaired) electrons. The highest BCUT2D eigenvalue weighted by atomic mass is 15.3. The lowest BCUT2D eigenvalue weighted by Gasteiger charge is -2.49. The average molecular weight is 224 g/mol. The SMILES string of the molecule is CC(C)N1CCCC2(CCCN2C(C)C)C1. The molecular weight excluding hydrogens is 196 g/mol. The first-order chi connectivity index (χ1) is 7.55. The number of hydrogen-bond acceptors (Lipinski definition) is 2. The van der Waals surface area contributed by atoms with Crippen molar-refractivity contribution in [3.05, 3.63) is 0 Å². The lowest BCUT2D eigenvalue weighted by molar-refractivity contribution is 0.0111. The Kier molecular flexibility index (Phi) is 3.60. The Balaban J connectivity index is 2.11. The standard InChI is InChI=1S/C14H28N2/c1-12(2)15-9-5-7-14(11-15)8-6-10-16(14)13(3)4/h12-13H,5-11H2,1-4H3. The van der Waals surface area contributed by atoms with Crippen LogP contribution in [-0.2, 0) is 0 Å². The molecule has 1 atom stereocenters. The maximum absolute atomic E-state index is 2.78. The van der Waals surface area contributed by atoms with Crippen LogP contribution in [0.5, 0.6) is 0 Å². The fraction of sp³-hybridized carbons (Fsp3) is 1.00. The maximum atomic E-state index is 2.78. The molecule has 94 valence electrons. The quantitative estimate of drug-likeness (QED) is 0.711. The van der Waals surface area contributed by atoms with Crippen molar-refractivity contribution in [1.29, 1.82) is 0 Å². The Labute approximate surface area is 101 Å². The fourth-order valence-corrected chi connectivity index (χ4v) is 3.79. The third-order valence-corrected chi connectivity index (χ3v) is 4.59. The van der Waals surface area contributed by atoms with Crippen LogP contribution in [-0.4, -0.2) is 47.1 Å². The predicted molar refractivity (Wildman–Crippen MR) is 69.8 cm³/mol. The van der Waals surface area contributed by atoms with Gasteiger partial charge in [-0.15, -0.1) is 0 Å². The van der Waals surface area contributed by atoms with E-state index in [0.717, 1.165) is 6.04 Å². The minimum absolute atomic E-state index is 0.524. The molecule has 0 saturated carbocycles. The van der Waals surface area contributed by atoms with Crippen molar-refractivity contribution in [2.24, 2.45) is 0 Å². The molecule has 16 heavy (non-hydrogen) atoms. The summed E-state index contributed by atoms with van der Waals surface area (Å²) in [5.74, 6) is 0. The zero-order chi connectivity index (χ0) is 11.8. The molecule has 2 aliphatic rings. The third kappa shape index (κ3) is 2.14. The molecule has 0 aromatic heterocycles. The Bertz CT molecular complexity index is 237. The molecule has 2 nitrogen and oxygen atoms in total. The second-order valence-electron chi connectivity index (χ2n) is 6.28. The van der Waals surface area contributed by atoms with E-state index < -0.39 is 0 Å². The molecule has 0 aliphatic carbocycles. The molecule has 2 rings (SSSR count). The van der Waals surface area contributed by atoms with Crippen LogP contribution in [0.2, 0.25) is 0 Å². The molecule has 2 heteroatoms. The summed E-state index contributed by atoms with van der Waals surface area (Å²) < 4.78 is 0. The van der Waals surface area contributed by atoms with E-state index in [0.29, 0.717) is 11.6 Å². The number of rotatable bonds is 2. The normalized spacial score (nSPS) is 33.4. The molecule has 1 unspecified atom stereocenters. The van der Waals surface area contributed by atoms with Crippen molar-refractivity contribution >= 4 is 0 Å². The van der Waals surface area contributed by atoms with Gasteiger partial charge in [-0.2, -0.15) is 0 Å². The van der Waals surface area contributed by atoms with Crippen molar-refractivity contribution < 1.29 is 0 Å². The van der Waals surface area contributed by atoms with Gasteiger partial charge in [-0.25, -0.2) is 0 Å². The van der Waals surface area contributed by atoms with E-state index in [1.54, 1.807) is 0 Å². The minimum Gasteiger partial charge on any atom is -0.299 e. The van der Waals surface area contributed by atoms with Gasteiger partial charge in [0.05, 0.1) is 0 Å². The summed E-state index contributed by atoms with van der Waals surface area (Å²) in [6.45, 7) is 13.3. The van der Waals surface area contributed by atoms with Gasteiger partial charge in [0.25, 0.3) is 0 Å². The maximum Gasteiger partial charge on any atom is 0.0340 e. The van der Waals surface area contributed by atoms with Gasteiger partial charge in [-0.05, 0) is 66.5 Å². The van der Waals surface area contributed by atoms with Crippen molar-refractivity contribution in [2.45, 2.75) is 71.0 Å². The third-order valence-electron chi connectivity index (χ3n) is 4.59. The van der Waals surface area contributed by atoms with Crippen LogP contribution in [0.3, 0.4) is 0 Å². The Morgan fingerprint density at radius 1 is 0.875 bits per heavy atom. The van der Waals surface area contributed by atoms with Gasteiger partial charge in [-0.1, -0.05) is 0 Å².